The lowest BCUT2D eigenvalue weighted by Gasteiger charge is -2.09. The zero-order valence-electron chi connectivity index (χ0n) is 7.26. The summed E-state index contributed by atoms with van der Waals surface area (Å²) in [6, 6.07) is 4.31. The summed E-state index contributed by atoms with van der Waals surface area (Å²) in [7, 11) is 0. The van der Waals surface area contributed by atoms with Gasteiger partial charge in [0.2, 0.25) is 0 Å². The van der Waals surface area contributed by atoms with E-state index in [4.69, 9.17) is 11.6 Å². The van der Waals surface area contributed by atoms with Crippen LogP contribution in [0.5, 0.6) is 0 Å². The number of carbonyl (C=O) groups excluding carboxylic acids is 1. The predicted octanol–water partition coefficient (Wildman–Crippen LogP) is 2.87. The van der Waals surface area contributed by atoms with Crippen LogP contribution in [-0.2, 0) is 10.7 Å². The van der Waals surface area contributed by atoms with Crippen LogP contribution in [-0.4, -0.2) is 6.29 Å². The average Bonchev–Trinajstić information content (AvgIpc) is 2.16. The van der Waals surface area contributed by atoms with Crippen molar-refractivity contribution < 1.29 is 9.18 Å². The van der Waals surface area contributed by atoms with Crippen molar-refractivity contribution in [3.63, 3.8) is 0 Å². The molecular weight excluding hydrogens is 191 g/mol. The Morgan fingerprint density at radius 3 is 2.85 bits per heavy atom. The van der Waals surface area contributed by atoms with Gasteiger partial charge in [-0.25, -0.2) is 4.39 Å². The molecule has 0 heterocycles. The van der Waals surface area contributed by atoms with Crippen LogP contribution in [0.25, 0.3) is 0 Å². The highest BCUT2D eigenvalue weighted by Gasteiger charge is 2.09. The largest absolute Gasteiger partial charge is 0.303 e. The summed E-state index contributed by atoms with van der Waals surface area (Å²) in [5, 5.41) is 0. The quantitative estimate of drug-likeness (QED) is 0.542. The third-order valence-electron chi connectivity index (χ3n) is 1.95. The van der Waals surface area contributed by atoms with Crippen LogP contribution in [0.2, 0.25) is 0 Å². The van der Waals surface area contributed by atoms with E-state index in [1.165, 1.54) is 12.1 Å². The van der Waals surface area contributed by atoms with Crippen molar-refractivity contribution in [3.8, 4) is 0 Å². The fraction of sp³-hybridized carbons (Fsp3) is 0.300. The first kappa shape index (κ1) is 10.2. The standard InChI is InChI=1S/C10H10ClFO/c1-7(6-13)10-4-9(12)3-2-8(10)5-11/h2-4,6-7H,5H2,1H3. The van der Waals surface area contributed by atoms with E-state index in [2.05, 4.69) is 0 Å². The second-order valence-electron chi connectivity index (χ2n) is 2.90. The summed E-state index contributed by atoms with van der Waals surface area (Å²) < 4.78 is 12.8. The van der Waals surface area contributed by atoms with Crippen molar-refractivity contribution in [2.24, 2.45) is 0 Å². The maximum Gasteiger partial charge on any atom is 0.127 e. The van der Waals surface area contributed by atoms with Crippen LogP contribution in [0, 0.1) is 5.82 Å². The molecule has 0 saturated heterocycles. The SMILES string of the molecule is CC(C=O)c1cc(F)ccc1CCl. The summed E-state index contributed by atoms with van der Waals surface area (Å²) in [6.07, 6.45) is 0.783. The second kappa shape index (κ2) is 4.38. The van der Waals surface area contributed by atoms with E-state index in [1.54, 1.807) is 13.0 Å². The Hall–Kier alpha value is -0.890. The summed E-state index contributed by atoms with van der Waals surface area (Å²) in [4.78, 5) is 10.5. The van der Waals surface area contributed by atoms with Gasteiger partial charge in [-0.15, -0.1) is 11.6 Å². The molecule has 1 aromatic rings. The molecule has 1 rings (SSSR count). The van der Waals surface area contributed by atoms with Gasteiger partial charge in [-0.05, 0) is 23.3 Å². The number of aldehydes is 1. The van der Waals surface area contributed by atoms with Crippen molar-refractivity contribution in [3.05, 3.63) is 35.1 Å². The molecule has 0 aliphatic heterocycles. The lowest BCUT2D eigenvalue weighted by Crippen LogP contribution is -1.99. The molecule has 0 aliphatic carbocycles. The first-order chi connectivity index (χ1) is 6.19. The predicted molar refractivity (Wildman–Crippen MR) is 50.4 cm³/mol. The maximum atomic E-state index is 12.8. The van der Waals surface area contributed by atoms with E-state index in [1.807, 2.05) is 0 Å². The fourth-order valence-electron chi connectivity index (χ4n) is 1.18. The molecule has 0 aliphatic rings. The summed E-state index contributed by atoms with van der Waals surface area (Å²) in [6.45, 7) is 1.72. The Morgan fingerprint density at radius 1 is 1.62 bits per heavy atom. The van der Waals surface area contributed by atoms with Gasteiger partial charge in [-0.3, -0.25) is 0 Å². The topological polar surface area (TPSA) is 17.1 Å². The minimum Gasteiger partial charge on any atom is -0.303 e. The van der Waals surface area contributed by atoms with Crippen LogP contribution in [0.3, 0.4) is 0 Å². The Morgan fingerprint density at radius 2 is 2.31 bits per heavy atom. The lowest BCUT2D eigenvalue weighted by molar-refractivity contribution is -0.108. The van der Waals surface area contributed by atoms with Crippen molar-refractivity contribution >= 4 is 17.9 Å². The molecule has 0 spiro atoms. The van der Waals surface area contributed by atoms with E-state index in [-0.39, 0.29) is 11.7 Å². The molecule has 0 fully saturated rings. The number of alkyl halides is 1. The molecule has 70 valence electrons. The molecule has 0 N–H and O–H groups in total. The first-order valence-electron chi connectivity index (χ1n) is 3.98. The van der Waals surface area contributed by atoms with Gasteiger partial charge in [-0.2, -0.15) is 0 Å². The van der Waals surface area contributed by atoms with Crippen molar-refractivity contribution in [1.82, 2.24) is 0 Å². The Kier molecular flexibility index (Phi) is 3.43. The van der Waals surface area contributed by atoms with E-state index < -0.39 is 0 Å². The Balaban J connectivity index is 3.14. The number of rotatable bonds is 3. The normalized spacial score (nSPS) is 12.5. The van der Waals surface area contributed by atoms with E-state index in [9.17, 15) is 9.18 Å². The second-order valence-corrected chi connectivity index (χ2v) is 3.17. The van der Waals surface area contributed by atoms with E-state index in [0.29, 0.717) is 11.4 Å². The summed E-state index contributed by atoms with van der Waals surface area (Å²) in [5.41, 5.74) is 1.48. The molecule has 0 bridgehead atoms. The molecule has 1 aromatic carbocycles. The molecule has 13 heavy (non-hydrogen) atoms. The first-order valence-corrected chi connectivity index (χ1v) is 4.52. The monoisotopic (exact) mass is 200 g/mol. The molecule has 0 radical (unpaired) electrons. The number of carbonyl (C=O) groups is 1. The third-order valence-corrected chi connectivity index (χ3v) is 2.23. The van der Waals surface area contributed by atoms with Gasteiger partial charge in [0.05, 0.1) is 0 Å². The van der Waals surface area contributed by atoms with E-state index in [0.717, 1.165) is 11.8 Å². The molecule has 1 atom stereocenters. The van der Waals surface area contributed by atoms with Gasteiger partial charge in [0.1, 0.15) is 12.1 Å². The molecule has 0 aromatic heterocycles. The van der Waals surface area contributed by atoms with Crippen LogP contribution in [0.4, 0.5) is 4.39 Å². The zero-order valence-corrected chi connectivity index (χ0v) is 8.01. The number of halogens is 2. The van der Waals surface area contributed by atoms with Crippen LogP contribution < -0.4 is 0 Å². The molecule has 0 amide bonds. The van der Waals surface area contributed by atoms with Crippen LogP contribution >= 0.6 is 11.6 Å². The van der Waals surface area contributed by atoms with Crippen molar-refractivity contribution in [2.45, 2.75) is 18.7 Å². The zero-order chi connectivity index (χ0) is 9.84. The van der Waals surface area contributed by atoms with Gasteiger partial charge in [-0.1, -0.05) is 13.0 Å². The van der Waals surface area contributed by atoms with Gasteiger partial charge in [0.15, 0.2) is 0 Å². The molecular formula is C10H10ClFO. The number of benzene rings is 1. The van der Waals surface area contributed by atoms with Crippen molar-refractivity contribution in [2.75, 3.05) is 0 Å². The smallest absolute Gasteiger partial charge is 0.127 e. The molecule has 0 saturated carbocycles. The van der Waals surface area contributed by atoms with Crippen LogP contribution in [0.15, 0.2) is 18.2 Å². The minimum absolute atomic E-state index is 0.299. The number of hydrogen-bond donors (Lipinski definition) is 0. The van der Waals surface area contributed by atoms with Crippen molar-refractivity contribution in [1.29, 1.82) is 0 Å². The third kappa shape index (κ3) is 2.28. The highest BCUT2D eigenvalue weighted by Crippen LogP contribution is 2.21. The van der Waals surface area contributed by atoms with Gasteiger partial charge >= 0.3 is 0 Å². The highest BCUT2D eigenvalue weighted by atomic mass is 35.5. The van der Waals surface area contributed by atoms with E-state index >= 15 is 0 Å². The molecule has 3 heteroatoms. The van der Waals surface area contributed by atoms with Gasteiger partial charge in [0, 0.05) is 11.8 Å². The van der Waals surface area contributed by atoms with Gasteiger partial charge < -0.3 is 4.79 Å². The minimum atomic E-state index is -0.336. The Bertz CT molecular complexity index is 312. The Labute approximate surface area is 81.5 Å². The average molecular weight is 201 g/mol. The fourth-order valence-corrected chi connectivity index (χ4v) is 1.43. The number of hydrogen-bond acceptors (Lipinski definition) is 1. The highest BCUT2D eigenvalue weighted by molar-refractivity contribution is 6.17. The van der Waals surface area contributed by atoms with Crippen LogP contribution in [0.1, 0.15) is 24.0 Å². The maximum absolute atomic E-state index is 12.8. The van der Waals surface area contributed by atoms with Gasteiger partial charge in [0.25, 0.3) is 0 Å². The molecule has 1 unspecified atom stereocenters. The lowest BCUT2D eigenvalue weighted by atomic mass is 9.98. The molecule has 1 nitrogen and oxygen atoms in total. The summed E-state index contributed by atoms with van der Waals surface area (Å²) >= 11 is 5.65. The summed E-state index contributed by atoms with van der Waals surface area (Å²) in [5.74, 6) is -0.338.